The molecule has 6 nitrogen and oxygen atoms in total. The number of hydrogen-bond donors (Lipinski definition) is 0. The molecule has 1 heterocycles. The molecule has 3 rings (SSSR count). The highest BCUT2D eigenvalue weighted by molar-refractivity contribution is 6.32. The number of anilines is 1. The van der Waals surface area contributed by atoms with Crippen LogP contribution < -0.4 is 4.90 Å². The molecule has 1 aliphatic heterocycles. The van der Waals surface area contributed by atoms with Crippen LogP contribution in [-0.4, -0.2) is 58.7 Å². The van der Waals surface area contributed by atoms with Crippen LogP contribution in [0.25, 0.3) is 0 Å². The Labute approximate surface area is 181 Å². The lowest BCUT2D eigenvalue weighted by atomic mass is 9.94. The lowest BCUT2D eigenvalue weighted by molar-refractivity contribution is -0.142. The van der Waals surface area contributed by atoms with E-state index in [2.05, 4.69) is 0 Å². The molecule has 1 aromatic rings. The number of rotatable bonds is 5. The molecule has 8 heteroatoms. The van der Waals surface area contributed by atoms with Crippen molar-refractivity contribution < 1.29 is 14.4 Å². The molecule has 1 aromatic carbocycles. The van der Waals surface area contributed by atoms with Crippen LogP contribution in [0.4, 0.5) is 5.69 Å². The van der Waals surface area contributed by atoms with E-state index in [1.165, 1.54) is 4.90 Å². The van der Waals surface area contributed by atoms with Crippen LogP contribution in [0.2, 0.25) is 5.02 Å². The van der Waals surface area contributed by atoms with Crippen molar-refractivity contribution in [3.8, 4) is 0 Å². The maximum Gasteiger partial charge on any atom is 0.248 e. The van der Waals surface area contributed by atoms with Gasteiger partial charge < -0.3 is 9.80 Å². The minimum atomic E-state index is -0.685. The SMILES string of the molecule is Cc1c(Cl)cccc1N1CN(C(=O)CN(C(=O)C(C)Cl)C2CCCCC2)CC1=O. The minimum absolute atomic E-state index is 0.00604. The molecule has 3 amide bonds. The van der Waals surface area contributed by atoms with Crippen molar-refractivity contribution in [3.05, 3.63) is 28.8 Å². The highest BCUT2D eigenvalue weighted by Gasteiger charge is 2.36. The first-order chi connectivity index (χ1) is 13.8. The van der Waals surface area contributed by atoms with Crippen molar-refractivity contribution >= 4 is 46.6 Å². The lowest BCUT2D eigenvalue weighted by Crippen LogP contribution is -2.50. The minimum Gasteiger partial charge on any atom is -0.329 e. The number of halogens is 2. The zero-order valence-corrected chi connectivity index (χ0v) is 18.4. The van der Waals surface area contributed by atoms with E-state index < -0.39 is 5.38 Å². The van der Waals surface area contributed by atoms with Gasteiger partial charge in [0.15, 0.2) is 0 Å². The summed E-state index contributed by atoms with van der Waals surface area (Å²) < 4.78 is 0. The number of alkyl halides is 1. The van der Waals surface area contributed by atoms with Crippen LogP contribution in [0.1, 0.15) is 44.6 Å². The Bertz CT molecular complexity index is 793. The van der Waals surface area contributed by atoms with Gasteiger partial charge in [-0.1, -0.05) is 36.9 Å². The highest BCUT2D eigenvalue weighted by atomic mass is 35.5. The number of amides is 3. The van der Waals surface area contributed by atoms with Crippen LogP contribution >= 0.6 is 23.2 Å². The van der Waals surface area contributed by atoms with Crippen molar-refractivity contribution in [1.29, 1.82) is 0 Å². The van der Waals surface area contributed by atoms with Crippen molar-refractivity contribution in [2.75, 3.05) is 24.7 Å². The second-order valence-corrected chi connectivity index (χ2v) is 8.87. The molecular weight excluding hydrogens is 413 g/mol. The Kier molecular flexibility index (Phi) is 7.06. The predicted molar refractivity (Wildman–Crippen MR) is 114 cm³/mol. The number of nitrogens with zero attached hydrogens (tertiary/aromatic N) is 3. The van der Waals surface area contributed by atoms with E-state index in [0.717, 1.165) is 37.7 Å². The predicted octanol–water partition coefficient (Wildman–Crippen LogP) is 3.57. The summed E-state index contributed by atoms with van der Waals surface area (Å²) in [7, 11) is 0. The van der Waals surface area contributed by atoms with Gasteiger partial charge in [-0.25, -0.2) is 0 Å². The standard InChI is InChI=1S/C21H27Cl2N3O3/c1-14-17(23)9-6-10-18(14)26-13-24(11-20(26)28)19(27)12-25(21(29)15(2)22)16-7-4-3-5-8-16/h6,9-10,15-16H,3-5,7-8,11-13H2,1-2H3. The third-order valence-electron chi connectivity index (χ3n) is 5.77. The van der Waals surface area contributed by atoms with Gasteiger partial charge >= 0.3 is 0 Å². The summed E-state index contributed by atoms with van der Waals surface area (Å²) in [6.45, 7) is 3.58. The first-order valence-electron chi connectivity index (χ1n) is 10.1. The third kappa shape index (κ3) is 4.86. The molecule has 1 saturated carbocycles. The van der Waals surface area contributed by atoms with Gasteiger partial charge in [-0.15, -0.1) is 11.6 Å². The fourth-order valence-electron chi connectivity index (χ4n) is 4.07. The molecule has 2 aliphatic rings. The summed E-state index contributed by atoms with van der Waals surface area (Å²) in [5.74, 6) is -0.623. The molecule has 0 aromatic heterocycles. The summed E-state index contributed by atoms with van der Waals surface area (Å²) in [6, 6.07) is 5.41. The molecule has 0 bridgehead atoms. The lowest BCUT2D eigenvalue weighted by Gasteiger charge is -2.35. The second-order valence-electron chi connectivity index (χ2n) is 7.81. The number of hydrogen-bond acceptors (Lipinski definition) is 3. The molecule has 2 fully saturated rings. The maximum atomic E-state index is 13.0. The van der Waals surface area contributed by atoms with Gasteiger partial charge in [0.2, 0.25) is 17.7 Å². The average molecular weight is 440 g/mol. The summed E-state index contributed by atoms with van der Waals surface area (Å²) >= 11 is 12.2. The zero-order chi connectivity index (χ0) is 21.1. The summed E-state index contributed by atoms with van der Waals surface area (Å²) in [6.07, 6.45) is 5.01. The van der Waals surface area contributed by atoms with Crippen LogP contribution in [-0.2, 0) is 14.4 Å². The highest BCUT2D eigenvalue weighted by Crippen LogP contribution is 2.29. The average Bonchev–Trinajstić information content (AvgIpc) is 3.09. The largest absolute Gasteiger partial charge is 0.329 e. The molecule has 0 N–H and O–H groups in total. The van der Waals surface area contributed by atoms with Gasteiger partial charge in [0, 0.05) is 16.8 Å². The number of carbonyl (C=O) groups is 3. The van der Waals surface area contributed by atoms with Gasteiger partial charge in [-0.05, 0) is 44.4 Å². The number of benzene rings is 1. The molecular formula is C21H27Cl2N3O3. The third-order valence-corrected chi connectivity index (χ3v) is 6.36. The normalized spacial score (nSPS) is 18.8. The monoisotopic (exact) mass is 439 g/mol. The summed E-state index contributed by atoms with van der Waals surface area (Å²) in [5.41, 5.74) is 1.50. The molecule has 1 atom stereocenters. The Balaban J connectivity index is 1.72. The molecule has 0 radical (unpaired) electrons. The van der Waals surface area contributed by atoms with E-state index in [-0.39, 0.29) is 43.5 Å². The molecule has 0 spiro atoms. The summed E-state index contributed by atoms with van der Waals surface area (Å²) in [5, 5.41) is -0.110. The van der Waals surface area contributed by atoms with Gasteiger partial charge in [-0.3, -0.25) is 19.3 Å². The van der Waals surface area contributed by atoms with Gasteiger partial charge in [0.1, 0.15) is 25.1 Å². The van der Waals surface area contributed by atoms with Gasteiger partial charge in [-0.2, -0.15) is 0 Å². The van der Waals surface area contributed by atoms with Gasteiger partial charge in [0.25, 0.3) is 0 Å². The Hall–Kier alpha value is -1.79. The van der Waals surface area contributed by atoms with E-state index in [9.17, 15) is 14.4 Å². The van der Waals surface area contributed by atoms with Crippen LogP contribution in [0, 0.1) is 6.92 Å². The van der Waals surface area contributed by atoms with E-state index in [1.807, 2.05) is 13.0 Å². The van der Waals surface area contributed by atoms with Crippen LogP contribution in [0.3, 0.4) is 0 Å². The Morgan fingerprint density at radius 3 is 2.59 bits per heavy atom. The van der Waals surface area contributed by atoms with Crippen molar-refractivity contribution in [1.82, 2.24) is 9.80 Å². The Morgan fingerprint density at radius 2 is 1.93 bits per heavy atom. The fraction of sp³-hybridized carbons (Fsp3) is 0.571. The first kappa shape index (κ1) is 21.9. The van der Waals surface area contributed by atoms with E-state index in [0.29, 0.717) is 10.7 Å². The molecule has 1 saturated heterocycles. The number of carbonyl (C=O) groups excluding carboxylic acids is 3. The maximum absolute atomic E-state index is 13.0. The van der Waals surface area contributed by atoms with Crippen molar-refractivity contribution in [3.63, 3.8) is 0 Å². The van der Waals surface area contributed by atoms with Crippen LogP contribution in [0.15, 0.2) is 18.2 Å². The second kappa shape index (κ2) is 9.35. The molecule has 158 valence electrons. The molecule has 29 heavy (non-hydrogen) atoms. The first-order valence-corrected chi connectivity index (χ1v) is 10.9. The molecule has 1 aliphatic carbocycles. The quantitative estimate of drug-likeness (QED) is 0.658. The molecule has 1 unspecified atom stereocenters. The fourth-order valence-corrected chi connectivity index (χ4v) is 4.36. The van der Waals surface area contributed by atoms with Crippen molar-refractivity contribution in [2.24, 2.45) is 0 Å². The van der Waals surface area contributed by atoms with Crippen LogP contribution in [0.5, 0.6) is 0 Å². The van der Waals surface area contributed by atoms with E-state index in [1.54, 1.807) is 28.9 Å². The van der Waals surface area contributed by atoms with Crippen molar-refractivity contribution in [2.45, 2.75) is 57.4 Å². The van der Waals surface area contributed by atoms with E-state index >= 15 is 0 Å². The summed E-state index contributed by atoms with van der Waals surface area (Å²) in [4.78, 5) is 42.9. The Morgan fingerprint density at radius 1 is 1.24 bits per heavy atom. The van der Waals surface area contributed by atoms with E-state index in [4.69, 9.17) is 23.2 Å². The zero-order valence-electron chi connectivity index (χ0n) is 16.9. The smallest absolute Gasteiger partial charge is 0.248 e. The van der Waals surface area contributed by atoms with Gasteiger partial charge in [0.05, 0.1) is 0 Å². The topological polar surface area (TPSA) is 60.9 Å².